The Kier molecular flexibility index (Phi) is 5.51. The molecule has 0 spiro atoms. The maximum absolute atomic E-state index is 12.3. The third-order valence-corrected chi connectivity index (χ3v) is 4.64. The highest BCUT2D eigenvalue weighted by atomic mass is 32.1. The Balaban J connectivity index is 1.96. The third kappa shape index (κ3) is 3.77. The number of carbonyl (C=O) groups is 1. The van der Waals surface area contributed by atoms with Crippen LogP contribution in [0.1, 0.15) is 25.0 Å². The summed E-state index contributed by atoms with van der Waals surface area (Å²) in [5.74, 6) is 0.103. The van der Waals surface area contributed by atoms with Crippen LogP contribution < -0.4 is 0 Å². The van der Waals surface area contributed by atoms with Crippen molar-refractivity contribution in [2.24, 2.45) is 5.41 Å². The molecule has 2 heterocycles. The van der Waals surface area contributed by atoms with E-state index >= 15 is 0 Å². The lowest BCUT2D eigenvalue weighted by Crippen LogP contribution is -2.48. The number of hydrogen-bond donors (Lipinski definition) is 1. The van der Waals surface area contributed by atoms with Crippen molar-refractivity contribution < 1.29 is 14.6 Å². The lowest BCUT2D eigenvalue weighted by atomic mass is 9.78. The predicted molar refractivity (Wildman–Crippen MR) is 77.6 cm³/mol. The van der Waals surface area contributed by atoms with Crippen LogP contribution in [-0.4, -0.2) is 54.3 Å². The summed E-state index contributed by atoms with van der Waals surface area (Å²) >= 11 is 1.51. The molecule has 0 unspecified atom stereocenters. The number of methoxy groups -OCH3 is 1. The van der Waals surface area contributed by atoms with Gasteiger partial charge in [-0.1, -0.05) is 0 Å². The molecule has 5 nitrogen and oxygen atoms in total. The van der Waals surface area contributed by atoms with Crippen LogP contribution in [0.4, 0.5) is 0 Å². The Morgan fingerprint density at radius 1 is 1.65 bits per heavy atom. The highest BCUT2D eigenvalue weighted by Crippen LogP contribution is 2.33. The number of ether oxygens (including phenoxy) is 1. The molecule has 20 heavy (non-hydrogen) atoms. The SMILES string of the molecule is COCC[C@@]1(CO)CCCN(C(=O)Cc2cscn2)C1. The van der Waals surface area contributed by atoms with Crippen molar-refractivity contribution >= 4 is 17.2 Å². The maximum Gasteiger partial charge on any atom is 0.228 e. The Morgan fingerprint density at radius 3 is 3.15 bits per heavy atom. The monoisotopic (exact) mass is 298 g/mol. The van der Waals surface area contributed by atoms with E-state index in [2.05, 4.69) is 4.98 Å². The fourth-order valence-electron chi connectivity index (χ4n) is 2.74. The van der Waals surface area contributed by atoms with Crippen LogP contribution in [0.5, 0.6) is 0 Å². The standard InChI is InChI=1S/C14H22N2O3S/c1-19-6-4-14(10-17)3-2-5-16(9-14)13(18)7-12-8-20-11-15-12/h8,11,17H,2-7,9-10H2,1H3/t14-/m0/s1. The first kappa shape index (κ1) is 15.4. The fourth-order valence-corrected chi connectivity index (χ4v) is 3.30. The zero-order valence-electron chi connectivity index (χ0n) is 11.9. The van der Waals surface area contributed by atoms with Gasteiger partial charge in [-0.3, -0.25) is 4.79 Å². The molecule has 1 aromatic rings. The summed E-state index contributed by atoms with van der Waals surface area (Å²) < 4.78 is 5.13. The van der Waals surface area contributed by atoms with Crippen LogP contribution in [0.2, 0.25) is 0 Å². The van der Waals surface area contributed by atoms with Crippen molar-refractivity contribution in [3.8, 4) is 0 Å². The molecule has 6 heteroatoms. The van der Waals surface area contributed by atoms with E-state index in [1.54, 1.807) is 12.6 Å². The summed E-state index contributed by atoms with van der Waals surface area (Å²) in [6, 6.07) is 0. The number of aromatic nitrogens is 1. The lowest BCUT2D eigenvalue weighted by molar-refractivity contribution is -0.135. The molecule has 2 rings (SSSR count). The highest BCUT2D eigenvalue weighted by molar-refractivity contribution is 7.07. The van der Waals surface area contributed by atoms with E-state index < -0.39 is 0 Å². The Morgan fingerprint density at radius 2 is 2.50 bits per heavy atom. The summed E-state index contributed by atoms with van der Waals surface area (Å²) in [6.07, 6.45) is 3.04. The topological polar surface area (TPSA) is 62.7 Å². The van der Waals surface area contributed by atoms with E-state index in [1.165, 1.54) is 11.3 Å². The zero-order chi connectivity index (χ0) is 14.4. The van der Waals surface area contributed by atoms with Gasteiger partial charge in [0.2, 0.25) is 5.91 Å². The lowest BCUT2D eigenvalue weighted by Gasteiger charge is -2.41. The molecular formula is C14H22N2O3S. The summed E-state index contributed by atoms with van der Waals surface area (Å²) in [5.41, 5.74) is 2.37. The Hall–Kier alpha value is -0.980. The normalized spacial score (nSPS) is 23.0. The second-order valence-corrected chi connectivity index (χ2v) is 6.20. The number of carbonyl (C=O) groups excluding carboxylic acids is 1. The third-order valence-electron chi connectivity index (χ3n) is 4.00. The molecule has 1 fully saturated rings. The molecule has 0 aromatic carbocycles. The molecule has 1 aromatic heterocycles. The average molecular weight is 298 g/mol. The smallest absolute Gasteiger partial charge is 0.228 e. The van der Waals surface area contributed by atoms with Gasteiger partial charge in [-0.15, -0.1) is 11.3 Å². The number of likely N-dealkylation sites (tertiary alicyclic amines) is 1. The van der Waals surface area contributed by atoms with Crippen LogP contribution in [-0.2, 0) is 16.0 Å². The summed E-state index contributed by atoms with van der Waals surface area (Å²) in [7, 11) is 1.67. The molecule has 1 atom stereocenters. The van der Waals surface area contributed by atoms with E-state index in [0.29, 0.717) is 19.6 Å². The number of aliphatic hydroxyl groups excluding tert-OH is 1. The number of aliphatic hydroxyl groups is 1. The van der Waals surface area contributed by atoms with Gasteiger partial charge in [-0.05, 0) is 19.3 Å². The average Bonchev–Trinajstić information content (AvgIpc) is 2.98. The van der Waals surface area contributed by atoms with E-state index in [1.807, 2.05) is 10.3 Å². The number of nitrogens with zero attached hydrogens (tertiary/aromatic N) is 2. The first-order valence-electron chi connectivity index (χ1n) is 6.94. The van der Waals surface area contributed by atoms with Gasteiger partial charge in [-0.25, -0.2) is 4.98 Å². The van der Waals surface area contributed by atoms with Crippen molar-refractivity contribution in [1.29, 1.82) is 0 Å². The van der Waals surface area contributed by atoms with Crippen molar-refractivity contribution in [1.82, 2.24) is 9.88 Å². The quantitative estimate of drug-likeness (QED) is 0.860. The van der Waals surface area contributed by atoms with Crippen molar-refractivity contribution in [3.05, 3.63) is 16.6 Å². The molecular weight excluding hydrogens is 276 g/mol. The van der Waals surface area contributed by atoms with E-state index in [0.717, 1.165) is 31.5 Å². The van der Waals surface area contributed by atoms with Crippen LogP contribution in [0.3, 0.4) is 0 Å². The largest absolute Gasteiger partial charge is 0.396 e. The molecule has 1 saturated heterocycles. The first-order valence-corrected chi connectivity index (χ1v) is 7.88. The van der Waals surface area contributed by atoms with E-state index in [-0.39, 0.29) is 17.9 Å². The molecule has 0 saturated carbocycles. The van der Waals surface area contributed by atoms with Gasteiger partial charge in [0.25, 0.3) is 0 Å². The molecule has 112 valence electrons. The van der Waals surface area contributed by atoms with Crippen molar-refractivity contribution in [3.63, 3.8) is 0 Å². The number of thiazole rings is 1. The van der Waals surface area contributed by atoms with Crippen LogP contribution in [0, 0.1) is 5.41 Å². The summed E-state index contributed by atoms with van der Waals surface area (Å²) in [6.45, 7) is 2.12. The van der Waals surface area contributed by atoms with Gasteiger partial charge in [0.15, 0.2) is 0 Å². The number of amides is 1. The minimum atomic E-state index is -0.202. The van der Waals surface area contributed by atoms with E-state index in [9.17, 15) is 9.90 Å². The molecule has 0 aliphatic carbocycles. The fraction of sp³-hybridized carbons (Fsp3) is 0.714. The molecule has 1 N–H and O–H groups in total. The zero-order valence-corrected chi connectivity index (χ0v) is 12.7. The van der Waals surface area contributed by atoms with Gasteiger partial charge < -0.3 is 14.7 Å². The minimum absolute atomic E-state index is 0.103. The molecule has 1 aliphatic rings. The van der Waals surface area contributed by atoms with Crippen LogP contribution in [0.25, 0.3) is 0 Å². The molecule has 1 amide bonds. The molecule has 0 radical (unpaired) electrons. The van der Waals surface area contributed by atoms with Gasteiger partial charge in [0.1, 0.15) is 0 Å². The van der Waals surface area contributed by atoms with Crippen molar-refractivity contribution in [2.75, 3.05) is 33.4 Å². The summed E-state index contributed by atoms with van der Waals surface area (Å²) in [4.78, 5) is 18.3. The van der Waals surface area contributed by atoms with Crippen LogP contribution >= 0.6 is 11.3 Å². The first-order chi connectivity index (χ1) is 9.69. The Bertz CT molecular complexity index is 424. The van der Waals surface area contributed by atoms with Gasteiger partial charge >= 0.3 is 0 Å². The van der Waals surface area contributed by atoms with Crippen LogP contribution in [0.15, 0.2) is 10.9 Å². The molecule has 1 aliphatic heterocycles. The molecule has 0 bridgehead atoms. The van der Waals surface area contributed by atoms with Gasteiger partial charge in [0.05, 0.1) is 24.2 Å². The van der Waals surface area contributed by atoms with E-state index in [4.69, 9.17) is 4.74 Å². The van der Waals surface area contributed by atoms with Gasteiger partial charge in [-0.2, -0.15) is 0 Å². The number of piperidine rings is 1. The summed E-state index contributed by atoms with van der Waals surface area (Å²) in [5, 5.41) is 11.6. The highest BCUT2D eigenvalue weighted by Gasteiger charge is 2.36. The van der Waals surface area contributed by atoms with Crippen molar-refractivity contribution in [2.45, 2.75) is 25.7 Å². The minimum Gasteiger partial charge on any atom is -0.396 e. The predicted octanol–water partition coefficient (Wildman–Crippen LogP) is 1.32. The number of hydrogen-bond acceptors (Lipinski definition) is 5. The Labute approximate surface area is 123 Å². The number of rotatable bonds is 6. The maximum atomic E-state index is 12.3. The second kappa shape index (κ2) is 7.15. The second-order valence-electron chi connectivity index (χ2n) is 5.48. The van der Waals surface area contributed by atoms with Gasteiger partial charge in [0, 0.05) is 37.6 Å².